The number of hydrogen-bond donors (Lipinski definition) is 2. The largest absolute Gasteiger partial charge is 0.478 e. The Labute approximate surface area is 78.5 Å². The highest BCUT2D eigenvalue weighted by Gasteiger charge is 2.02. The Morgan fingerprint density at radius 1 is 1.54 bits per heavy atom. The summed E-state index contributed by atoms with van der Waals surface area (Å²) in [4.78, 5) is 12.3. The summed E-state index contributed by atoms with van der Waals surface area (Å²) in [7, 11) is 0. The fourth-order valence-electron chi connectivity index (χ4n) is 1.10. The summed E-state index contributed by atoms with van der Waals surface area (Å²) in [5, 5.41) is 17.1. The zero-order valence-corrected chi connectivity index (χ0v) is 8.16. The van der Waals surface area contributed by atoms with Crippen molar-refractivity contribution in [1.82, 2.24) is 4.90 Å². The van der Waals surface area contributed by atoms with Gasteiger partial charge in [-0.15, -0.1) is 0 Å². The molecule has 0 radical (unpaired) electrons. The molecule has 4 nitrogen and oxygen atoms in total. The van der Waals surface area contributed by atoms with Crippen molar-refractivity contribution in [2.24, 2.45) is 0 Å². The number of carboxylic acids is 1. The first-order valence-electron chi connectivity index (χ1n) is 4.33. The van der Waals surface area contributed by atoms with E-state index in [-0.39, 0.29) is 6.61 Å². The summed E-state index contributed by atoms with van der Waals surface area (Å²) in [5.74, 6) is -0.919. The van der Waals surface area contributed by atoms with E-state index in [0.717, 1.165) is 12.1 Å². The molecule has 0 aromatic rings. The van der Waals surface area contributed by atoms with E-state index in [1.807, 2.05) is 11.8 Å². The van der Waals surface area contributed by atoms with Gasteiger partial charge in [-0.2, -0.15) is 0 Å². The maximum absolute atomic E-state index is 10.3. The number of nitrogens with zero attached hydrogens (tertiary/aromatic N) is 1. The topological polar surface area (TPSA) is 60.8 Å². The average molecular weight is 187 g/mol. The molecule has 0 aromatic carbocycles. The predicted octanol–water partition coefficient (Wildman–Crippen LogP) is 0.331. The van der Waals surface area contributed by atoms with Crippen LogP contribution in [0.5, 0.6) is 0 Å². The van der Waals surface area contributed by atoms with E-state index in [1.165, 1.54) is 6.08 Å². The second-order valence-electron chi connectivity index (χ2n) is 2.92. The second kappa shape index (κ2) is 6.62. The Morgan fingerprint density at radius 3 is 2.54 bits per heavy atom. The zero-order chi connectivity index (χ0) is 10.3. The Kier molecular flexibility index (Phi) is 6.18. The van der Waals surface area contributed by atoms with Crippen LogP contribution in [0.2, 0.25) is 0 Å². The van der Waals surface area contributed by atoms with Gasteiger partial charge in [-0.05, 0) is 13.5 Å². The lowest BCUT2D eigenvalue weighted by Gasteiger charge is -2.18. The van der Waals surface area contributed by atoms with Gasteiger partial charge in [0.2, 0.25) is 0 Å². The number of rotatable bonds is 6. The molecule has 0 aliphatic carbocycles. The minimum atomic E-state index is -0.919. The van der Waals surface area contributed by atoms with Crippen molar-refractivity contribution in [3.05, 3.63) is 11.6 Å². The SMILES string of the molecule is CCN(CCO)CC(C)=CC(=O)O. The van der Waals surface area contributed by atoms with Crippen LogP contribution in [0.15, 0.2) is 11.6 Å². The van der Waals surface area contributed by atoms with Gasteiger partial charge in [0, 0.05) is 19.2 Å². The fraction of sp³-hybridized carbons (Fsp3) is 0.667. The van der Waals surface area contributed by atoms with Crippen LogP contribution in [0.25, 0.3) is 0 Å². The summed E-state index contributed by atoms with van der Waals surface area (Å²) in [5.41, 5.74) is 0.794. The molecule has 76 valence electrons. The van der Waals surface area contributed by atoms with Gasteiger partial charge < -0.3 is 10.2 Å². The average Bonchev–Trinajstić information content (AvgIpc) is 2.02. The first kappa shape index (κ1) is 12.1. The number of aliphatic hydroxyl groups excluding tert-OH is 1. The van der Waals surface area contributed by atoms with E-state index in [2.05, 4.69) is 0 Å². The Bertz CT molecular complexity index is 189. The summed E-state index contributed by atoms with van der Waals surface area (Å²) in [6, 6.07) is 0. The van der Waals surface area contributed by atoms with E-state index < -0.39 is 5.97 Å². The first-order chi connectivity index (χ1) is 6.10. The predicted molar refractivity (Wildman–Crippen MR) is 50.6 cm³/mol. The third-order valence-electron chi connectivity index (χ3n) is 1.71. The molecular formula is C9H17NO3. The van der Waals surface area contributed by atoms with Gasteiger partial charge in [-0.25, -0.2) is 4.79 Å². The third kappa shape index (κ3) is 6.31. The highest BCUT2D eigenvalue weighted by Crippen LogP contribution is 1.97. The van der Waals surface area contributed by atoms with Gasteiger partial charge in [-0.1, -0.05) is 12.5 Å². The van der Waals surface area contributed by atoms with E-state index >= 15 is 0 Å². The van der Waals surface area contributed by atoms with Gasteiger partial charge in [0.05, 0.1) is 6.61 Å². The molecule has 0 aliphatic heterocycles. The van der Waals surface area contributed by atoms with Crippen LogP contribution in [-0.2, 0) is 4.79 Å². The lowest BCUT2D eigenvalue weighted by molar-refractivity contribution is -0.131. The molecule has 0 bridgehead atoms. The molecule has 0 atom stereocenters. The van der Waals surface area contributed by atoms with Crippen LogP contribution in [0.3, 0.4) is 0 Å². The zero-order valence-electron chi connectivity index (χ0n) is 8.16. The van der Waals surface area contributed by atoms with E-state index in [4.69, 9.17) is 10.2 Å². The number of likely N-dealkylation sites (N-methyl/N-ethyl adjacent to an activating group) is 1. The minimum absolute atomic E-state index is 0.105. The van der Waals surface area contributed by atoms with Crippen LogP contribution < -0.4 is 0 Å². The number of aliphatic hydroxyl groups is 1. The number of hydrogen-bond acceptors (Lipinski definition) is 3. The molecule has 0 saturated carbocycles. The first-order valence-corrected chi connectivity index (χ1v) is 4.33. The van der Waals surface area contributed by atoms with E-state index in [1.54, 1.807) is 6.92 Å². The molecule has 4 heteroatoms. The lowest BCUT2D eigenvalue weighted by Crippen LogP contribution is -2.28. The molecule has 13 heavy (non-hydrogen) atoms. The Balaban J connectivity index is 3.99. The quantitative estimate of drug-likeness (QED) is 0.588. The minimum Gasteiger partial charge on any atom is -0.478 e. The van der Waals surface area contributed by atoms with Gasteiger partial charge in [0.15, 0.2) is 0 Å². The number of aliphatic carboxylic acids is 1. The maximum atomic E-state index is 10.3. The van der Waals surface area contributed by atoms with Crippen molar-refractivity contribution in [3.63, 3.8) is 0 Å². The van der Waals surface area contributed by atoms with Crippen molar-refractivity contribution < 1.29 is 15.0 Å². The fourth-order valence-corrected chi connectivity index (χ4v) is 1.10. The molecule has 0 fully saturated rings. The van der Waals surface area contributed by atoms with Crippen molar-refractivity contribution in [2.75, 3.05) is 26.2 Å². The monoisotopic (exact) mass is 187 g/mol. The smallest absolute Gasteiger partial charge is 0.328 e. The van der Waals surface area contributed by atoms with Crippen LogP contribution in [0.1, 0.15) is 13.8 Å². The molecule has 0 saturated heterocycles. The van der Waals surface area contributed by atoms with Gasteiger partial charge >= 0.3 is 5.97 Å². The Hall–Kier alpha value is -0.870. The number of carbonyl (C=O) groups is 1. The Morgan fingerprint density at radius 2 is 2.15 bits per heavy atom. The van der Waals surface area contributed by atoms with Crippen LogP contribution >= 0.6 is 0 Å². The number of carboxylic acid groups (broad SMARTS) is 1. The normalized spacial score (nSPS) is 12.2. The second-order valence-corrected chi connectivity index (χ2v) is 2.92. The van der Waals surface area contributed by atoms with Crippen LogP contribution in [0, 0.1) is 0 Å². The standard InChI is InChI=1S/C9H17NO3/c1-3-10(4-5-11)7-8(2)6-9(12)13/h6,11H,3-5,7H2,1-2H3,(H,12,13). The van der Waals surface area contributed by atoms with Crippen molar-refractivity contribution in [1.29, 1.82) is 0 Å². The van der Waals surface area contributed by atoms with Crippen LogP contribution in [0.4, 0.5) is 0 Å². The van der Waals surface area contributed by atoms with Crippen LogP contribution in [-0.4, -0.2) is 47.3 Å². The van der Waals surface area contributed by atoms with E-state index in [0.29, 0.717) is 13.1 Å². The summed E-state index contributed by atoms with van der Waals surface area (Å²) in [6.07, 6.45) is 1.19. The maximum Gasteiger partial charge on any atom is 0.328 e. The van der Waals surface area contributed by atoms with Crippen molar-refractivity contribution >= 4 is 5.97 Å². The van der Waals surface area contributed by atoms with Gasteiger partial charge in [0.1, 0.15) is 0 Å². The molecule has 0 unspecified atom stereocenters. The summed E-state index contributed by atoms with van der Waals surface area (Å²) >= 11 is 0. The summed E-state index contributed by atoms with van der Waals surface area (Å²) in [6.45, 7) is 5.85. The molecule has 0 aromatic heterocycles. The van der Waals surface area contributed by atoms with Crippen molar-refractivity contribution in [3.8, 4) is 0 Å². The van der Waals surface area contributed by atoms with Gasteiger partial charge in [0.25, 0.3) is 0 Å². The molecule has 0 heterocycles. The van der Waals surface area contributed by atoms with Gasteiger partial charge in [-0.3, -0.25) is 4.90 Å². The molecule has 0 rings (SSSR count). The molecule has 0 spiro atoms. The van der Waals surface area contributed by atoms with E-state index in [9.17, 15) is 4.79 Å². The highest BCUT2D eigenvalue weighted by molar-refractivity contribution is 5.80. The molecule has 0 aliphatic rings. The lowest BCUT2D eigenvalue weighted by atomic mass is 10.2. The molecule has 2 N–H and O–H groups in total. The highest BCUT2D eigenvalue weighted by atomic mass is 16.4. The van der Waals surface area contributed by atoms with Crippen molar-refractivity contribution in [2.45, 2.75) is 13.8 Å². The summed E-state index contributed by atoms with van der Waals surface area (Å²) < 4.78 is 0. The molecule has 0 amide bonds. The molecular weight excluding hydrogens is 170 g/mol. The third-order valence-corrected chi connectivity index (χ3v) is 1.71.